The van der Waals surface area contributed by atoms with Crippen LogP contribution in [0.4, 0.5) is 0 Å². The summed E-state index contributed by atoms with van der Waals surface area (Å²) in [5.74, 6) is 0. The van der Waals surface area contributed by atoms with Gasteiger partial charge in [-0.3, -0.25) is 4.90 Å². The van der Waals surface area contributed by atoms with Crippen molar-refractivity contribution in [3.8, 4) is 0 Å². The first kappa shape index (κ1) is 12.1. The van der Waals surface area contributed by atoms with Crippen LogP contribution >= 0.6 is 0 Å². The maximum absolute atomic E-state index is 4.38. The fraction of sp³-hybridized carbons (Fsp3) is 0.714. The summed E-state index contributed by atoms with van der Waals surface area (Å²) in [6.45, 7) is 8.19. The average Bonchev–Trinajstić information content (AvgIpc) is 2.47. The van der Waals surface area contributed by atoms with Crippen LogP contribution in [-0.4, -0.2) is 52.0 Å². The SMILES string of the molecule is CCN1CCC(N2CCc3ncncc3C2)CC1. The number of hydrogen-bond donors (Lipinski definition) is 0. The highest BCUT2D eigenvalue weighted by molar-refractivity contribution is 5.19. The molecule has 0 amide bonds. The summed E-state index contributed by atoms with van der Waals surface area (Å²) in [5.41, 5.74) is 2.59. The third kappa shape index (κ3) is 2.40. The lowest BCUT2D eigenvalue weighted by Crippen LogP contribution is -2.46. The van der Waals surface area contributed by atoms with E-state index in [0.29, 0.717) is 0 Å². The van der Waals surface area contributed by atoms with Crippen molar-refractivity contribution >= 4 is 0 Å². The molecule has 18 heavy (non-hydrogen) atoms. The maximum Gasteiger partial charge on any atom is 0.115 e. The molecule has 2 aliphatic rings. The fourth-order valence-corrected chi connectivity index (χ4v) is 3.20. The molecule has 4 nitrogen and oxygen atoms in total. The highest BCUT2D eigenvalue weighted by Gasteiger charge is 2.27. The topological polar surface area (TPSA) is 32.3 Å². The van der Waals surface area contributed by atoms with E-state index in [4.69, 9.17) is 0 Å². The number of fused-ring (bicyclic) bond motifs is 1. The molecule has 0 spiro atoms. The number of nitrogens with zero attached hydrogens (tertiary/aromatic N) is 4. The molecule has 1 aromatic heterocycles. The second kappa shape index (κ2) is 5.33. The minimum absolute atomic E-state index is 0.765. The molecule has 4 heteroatoms. The van der Waals surface area contributed by atoms with Gasteiger partial charge in [-0.1, -0.05) is 6.92 Å². The Bertz CT molecular complexity index is 399. The summed E-state index contributed by atoms with van der Waals surface area (Å²) in [6, 6.07) is 0.765. The molecular weight excluding hydrogens is 224 g/mol. The lowest BCUT2D eigenvalue weighted by molar-refractivity contribution is 0.0999. The summed E-state index contributed by atoms with van der Waals surface area (Å²) in [4.78, 5) is 13.7. The van der Waals surface area contributed by atoms with E-state index in [1.807, 2.05) is 6.20 Å². The molecule has 2 aliphatic heterocycles. The standard InChI is InChI=1S/C14H22N4/c1-2-17-6-3-13(4-7-17)18-8-5-14-12(10-18)9-15-11-16-14/h9,11,13H,2-8,10H2,1H3. The normalized spacial score (nSPS) is 22.9. The molecule has 1 fully saturated rings. The van der Waals surface area contributed by atoms with Gasteiger partial charge in [0, 0.05) is 43.0 Å². The number of piperidine rings is 1. The van der Waals surface area contributed by atoms with E-state index in [1.165, 1.54) is 50.3 Å². The molecule has 0 bridgehead atoms. The first-order valence-corrected chi connectivity index (χ1v) is 7.11. The minimum atomic E-state index is 0.765. The van der Waals surface area contributed by atoms with Crippen molar-refractivity contribution in [2.75, 3.05) is 26.2 Å². The van der Waals surface area contributed by atoms with Crippen LogP contribution in [0.5, 0.6) is 0 Å². The van der Waals surface area contributed by atoms with Gasteiger partial charge in [0.05, 0.1) is 0 Å². The Balaban J connectivity index is 1.63. The van der Waals surface area contributed by atoms with Crippen molar-refractivity contribution in [1.82, 2.24) is 19.8 Å². The fourth-order valence-electron chi connectivity index (χ4n) is 3.20. The zero-order chi connectivity index (χ0) is 12.4. The van der Waals surface area contributed by atoms with Crippen LogP contribution in [0, 0.1) is 0 Å². The average molecular weight is 246 g/mol. The number of likely N-dealkylation sites (tertiary alicyclic amines) is 1. The maximum atomic E-state index is 4.38. The van der Waals surface area contributed by atoms with Gasteiger partial charge in [-0.25, -0.2) is 9.97 Å². The van der Waals surface area contributed by atoms with E-state index in [2.05, 4.69) is 26.7 Å². The number of rotatable bonds is 2. The minimum Gasteiger partial charge on any atom is -0.303 e. The van der Waals surface area contributed by atoms with Gasteiger partial charge in [0.2, 0.25) is 0 Å². The highest BCUT2D eigenvalue weighted by atomic mass is 15.2. The molecule has 3 heterocycles. The molecule has 0 saturated carbocycles. The van der Waals surface area contributed by atoms with Crippen molar-refractivity contribution in [3.63, 3.8) is 0 Å². The van der Waals surface area contributed by atoms with Crippen molar-refractivity contribution in [3.05, 3.63) is 23.8 Å². The molecule has 0 unspecified atom stereocenters. The van der Waals surface area contributed by atoms with Gasteiger partial charge >= 0.3 is 0 Å². The molecular formula is C14H22N4. The Labute approximate surface area is 109 Å². The smallest absolute Gasteiger partial charge is 0.115 e. The third-order valence-electron chi connectivity index (χ3n) is 4.41. The first-order valence-electron chi connectivity index (χ1n) is 7.11. The highest BCUT2D eigenvalue weighted by Crippen LogP contribution is 2.23. The predicted molar refractivity (Wildman–Crippen MR) is 71.3 cm³/mol. The van der Waals surface area contributed by atoms with Crippen molar-refractivity contribution < 1.29 is 0 Å². The Morgan fingerprint density at radius 1 is 1.28 bits per heavy atom. The molecule has 98 valence electrons. The Morgan fingerprint density at radius 3 is 2.89 bits per heavy atom. The van der Waals surface area contributed by atoms with Crippen LogP contribution in [0.3, 0.4) is 0 Å². The zero-order valence-electron chi connectivity index (χ0n) is 11.2. The summed E-state index contributed by atoms with van der Waals surface area (Å²) in [5, 5.41) is 0. The van der Waals surface area contributed by atoms with E-state index < -0.39 is 0 Å². The van der Waals surface area contributed by atoms with E-state index in [1.54, 1.807) is 6.33 Å². The summed E-state index contributed by atoms with van der Waals surface area (Å²) >= 11 is 0. The van der Waals surface area contributed by atoms with Crippen LogP contribution in [0.2, 0.25) is 0 Å². The molecule has 1 aromatic rings. The van der Waals surface area contributed by atoms with E-state index in [-0.39, 0.29) is 0 Å². The van der Waals surface area contributed by atoms with Gasteiger partial charge in [-0.15, -0.1) is 0 Å². The zero-order valence-corrected chi connectivity index (χ0v) is 11.2. The first-order chi connectivity index (χ1) is 8.86. The summed E-state index contributed by atoms with van der Waals surface area (Å²) < 4.78 is 0. The number of hydrogen-bond acceptors (Lipinski definition) is 4. The molecule has 0 aliphatic carbocycles. The van der Waals surface area contributed by atoms with Crippen molar-refractivity contribution in [2.24, 2.45) is 0 Å². The second-order valence-corrected chi connectivity index (χ2v) is 5.38. The van der Waals surface area contributed by atoms with Gasteiger partial charge < -0.3 is 4.90 Å². The Kier molecular flexibility index (Phi) is 3.57. The van der Waals surface area contributed by atoms with E-state index in [9.17, 15) is 0 Å². The van der Waals surface area contributed by atoms with Crippen molar-refractivity contribution in [1.29, 1.82) is 0 Å². The molecule has 3 rings (SSSR count). The molecule has 0 aromatic carbocycles. The van der Waals surface area contributed by atoms with Gasteiger partial charge in [-0.2, -0.15) is 0 Å². The van der Waals surface area contributed by atoms with Gasteiger partial charge in [0.15, 0.2) is 0 Å². The molecule has 0 N–H and O–H groups in total. The van der Waals surface area contributed by atoms with Gasteiger partial charge in [0.1, 0.15) is 6.33 Å². The summed E-state index contributed by atoms with van der Waals surface area (Å²) in [7, 11) is 0. The quantitative estimate of drug-likeness (QED) is 0.788. The molecule has 0 atom stereocenters. The van der Waals surface area contributed by atoms with E-state index >= 15 is 0 Å². The Hall–Kier alpha value is -1.00. The second-order valence-electron chi connectivity index (χ2n) is 5.38. The van der Waals surface area contributed by atoms with Crippen LogP contribution in [0.15, 0.2) is 12.5 Å². The molecule has 1 saturated heterocycles. The van der Waals surface area contributed by atoms with Gasteiger partial charge in [-0.05, 0) is 32.5 Å². The predicted octanol–water partition coefficient (Wildman–Crippen LogP) is 1.32. The van der Waals surface area contributed by atoms with Crippen LogP contribution in [-0.2, 0) is 13.0 Å². The summed E-state index contributed by atoms with van der Waals surface area (Å²) in [6.07, 6.45) is 7.39. The van der Waals surface area contributed by atoms with Crippen LogP contribution in [0.1, 0.15) is 31.0 Å². The van der Waals surface area contributed by atoms with Crippen LogP contribution in [0.25, 0.3) is 0 Å². The number of aromatic nitrogens is 2. The monoisotopic (exact) mass is 246 g/mol. The molecule has 0 radical (unpaired) electrons. The van der Waals surface area contributed by atoms with E-state index in [0.717, 1.165) is 19.0 Å². The lowest BCUT2D eigenvalue weighted by atomic mass is 9.99. The van der Waals surface area contributed by atoms with Crippen molar-refractivity contribution in [2.45, 2.75) is 38.8 Å². The largest absolute Gasteiger partial charge is 0.303 e. The van der Waals surface area contributed by atoms with Crippen LogP contribution < -0.4 is 0 Å². The lowest BCUT2D eigenvalue weighted by Gasteiger charge is -2.40. The third-order valence-corrected chi connectivity index (χ3v) is 4.41. The Morgan fingerprint density at radius 2 is 2.11 bits per heavy atom. The van der Waals surface area contributed by atoms with Gasteiger partial charge in [0.25, 0.3) is 0 Å².